The molecule has 0 N–H and O–H groups in total. The zero-order valence-electron chi connectivity index (χ0n) is 14.9. The normalized spacial score (nSPS) is 16.1. The first kappa shape index (κ1) is 16.3. The number of nitriles is 1. The molecule has 1 aliphatic carbocycles. The number of benzene rings is 2. The zero-order valence-corrected chi connectivity index (χ0v) is 14.9. The molecule has 0 saturated carbocycles. The van der Waals surface area contributed by atoms with Crippen molar-refractivity contribution in [3.8, 4) is 6.07 Å². The van der Waals surface area contributed by atoms with Crippen LogP contribution in [0.5, 0.6) is 0 Å². The molecule has 120 valence electrons. The van der Waals surface area contributed by atoms with E-state index in [1.165, 1.54) is 27.8 Å². The van der Waals surface area contributed by atoms with Crippen LogP contribution in [0.4, 0.5) is 0 Å². The molecule has 0 fully saturated rings. The van der Waals surface area contributed by atoms with Gasteiger partial charge in [0.25, 0.3) is 0 Å². The largest absolute Gasteiger partial charge is 0.192 e. The Balaban J connectivity index is 2.19. The Morgan fingerprint density at radius 2 is 1.83 bits per heavy atom. The Morgan fingerprint density at radius 3 is 2.46 bits per heavy atom. The van der Waals surface area contributed by atoms with Gasteiger partial charge < -0.3 is 0 Å². The third kappa shape index (κ3) is 2.81. The number of nitrogens with zero attached hydrogens (tertiary/aromatic N) is 1. The minimum absolute atomic E-state index is 0.116. The van der Waals surface area contributed by atoms with Crippen molar-refractivity contribution in [2.24, 2.45) is 0 Å². The van der Waals surface area contributed by atoms with E-state index >= 15 is 0 Å². The van der Waals surface area contributed by atoms with Crippen molar-refractivity contribution < 1.29 is 0 Å². The van der Waals surface area contributed by atoms with Gasteiger partial charge in [0, 0.05) is 0 Å². The van der Waals surface area contributed by atoms with Gasteiger partial charge in [-0.2, -0.15) is 5.26 Å². The Labute approximate surface area is 145 Å². The van der Waals surface area contributed by atoms with E-state index < -0.39 is 0 Å². The second-order valence-electron chi connectivity index (χ2n) is 7.15. The molecule has 0 unspecified atom stereocenters. The van der Waals surface area contributed by atoms with Crippen molar-refractivity contribution in [2.45, 2.75) is 39.5 Å². The van der Waals surface area contributed by atoms with E-state index in [0.717, 1.165) is 17.6 Å². The Kier molecular flexibility index (Phi) is 4.16. The summed E-state index contributed by atoms with van der Waals surface area (Å²) in [6, 6.07) is 17.5. The number of hydrogen-bond donors (Lipinski definition) is 0. The van der Waals surface area contributed by atoms with E-state index in [9.17, 15) is 5.26 Å². The molecule has 0 spiro atoms. The van der Waals surface area contributed by atoms with Crippen molar-refractivity contribution in [2.75, 3.05) is 0 Å². The molecule has 1 nitrogen and oxygen atoms in total. The predicted molar refractivity (Wildman–Crippen MR) is 102 cm³/mol. The highest BCUT2D eigenvalue weighted by Crippen LogP contribution is 2.42. The molecule has 0 aromatic heterocycles. The third-order valence-electron chi connectivity index (χ3n) is 4.94. The highest BCUT2D eigenvalue weighted by Gasteiger charge is 2.28. The fourth-order valence-corrected chi connectivity index (χ4v) is 3.40. The van der Waals surface area contributed by atoms with Crippen LogP contribution in [-0.2, 0) is 5.41 Å². The van der Waals surface area contributed by atoms with Gasteiger partial charge >= 0.3 is 0 Å². The van der Waals surface area contributed by atoms with Crippen LogP contribution in [0.3, 0.4) is 0 Å². The second kappa shape index (κ2) is 6.13. The molecule has 1 heteroatoms. The third-order valence-corrected chi connectivity index (χ3v) is 4.94. The summed E-state index contributed by atoms with van der Waals surface area (Å²) in [5.74, 6) is 0. The first-order chi connectivity index (χ1) is 11.5. The Morgan fingerprint density at radius 1 is 1.12 bits per heavy atom. The number of rotatable bonds is 2. The maximum atomic E-state index is 9.37. The molecule has 3 rings (SSSR count). The first-order valence-electron chi connectivity index (χ1n) is 8.45. The van der Waals surface area contributed by atoms with Crippen LogP contribution in [0.15, 0.2) is 54.6 Å². The lowest BCUT2D eigenvalue weighted by Gasteiger charge is -2.32. The van der Waals surface area contributed by atoms with Gasteiger partial charge in [0.15, 0.2) is 0 Å². The molecule has 1 aliphatic rings. The van der Waals surface area contributed by atoms with Crippen LogP contribution < -0.4 is 0 Å². The highest BCUT2D eigenvalue weighted by molar-refractivity contribution is 5.86. The SMILES string of the molecule is CC=C(C#N)c1ccc2c(c1)C(c1ccc(C)cc1)=CCC2(C)C. The summed E-state index contributed by atoms with van der Waals surface area (Å²) >= 11 is 0. The maximum Gasteiger partial charge on any atom is 0.0994 e. The van der Waals surface area contributed by atoms with Crippen molar-refractivity contribution in [3.63, 3.8) is 0 Å². The molecule has 0 atom stereocenters. The lowest BCUT2D eigenvalue weighted by Crippen LogP contribution is -2.22. The first-order valence-corrected chi connectivity index (χ1v) is 8.45. The molecule has 2 aromatic rings. The van der Waals surface area contributed by atoms with Crippen LogP contribution in [0.1, 0.15) is 55.0 Å². The minimum Gasteiger partial charge on any atom is -0.192 e. The molecule has 0 amide bonds. The molecule has 0 heterocycles. The quantitative estimate of drug-likeness (QED) is 0.620. The predicted octanol–water partition coefficient (Wildman–Crippen LogP) is 6.03. The van der Waals surface area contributed by atoms with Crippen molar-refractivity contribution in [1.82, 2.24) is 0 Å². The molecule has 0 aliphatic heterocycles. The summed E-state index contributed by atoms with van der Waals surface area (Å²) < 4.78 is 0. The van der Waals surface area contributed by atoms with E-state index in [0.29, 0.717) is 0 Å². The number of hydrogen-bond acceptors (Lipinski definition) is 1. The molecule has 0 saturated heterocycles. The minimum atomic E-state index is 0.116. The van der Waals surface area contributed by atoms with Crippen LogP contribution in [0.25, 0.3) is 11.1 Å². The summed E-state index contributed by atoms with van der Waals surface area (Å²) in [7, 11) is 0. The standard InChI is InChI=1S/C23H23N/c1-5-17(15-24)19-10-11-22-21(14-19)20(12-13-23(22,3)4)18-8-6-16(2)7-9-18/h5-12,14H,13H2,1-4H3. The van der Waals surface area contributed by atoms with Crippen LogP contribution in [0, 0.1) is 18.3 Å². The molecule has 0 radical (unpaired) electrons. The average Bonchev–Trinajstić information content (AvgIpc) is 2.57. The number of aryl methyl sites for hydroxylation is 1. The van der Waals surface area contributed by atoms with Crippen LogP contribution >= 0.6 is 0 Å². The summed E-state index contributed by atoms with van der Waals surface area (Å²) in [6.07, 6.45) is 5.25. The number of allylic oxidation sites excluding steroid dienone is 3. The maximum absolute atomic E-state index is 9.37. The molecule has 2 aromatic carbocycles. The van der Waals surface area contributed by atoms with Crippen molar-refractivity contribution in [1.29, 1.82) is 5.26 Å². The van der Waals surface area contributed by atoms with Gasteiger partial charge in [-0.25, -0.2) is 0 Å². The van der Waals surface area contributed by atoms with Gasteiger partial charge in [-0.1, -0.05) is 68.0 Å². The van der Waals surface area contributed by atoms with E-state index in [-0.39, 0.29) is 5.41 Å². The summed E-state index contributed by atoms with van der Waals surface area (Å²) in [5, 5.41) is 9.37. The summed E-state index contributed by atoms with van der Waals surface area (Å²) in [6.45, 7) is 8.60. The Bertz CT molecular complexity index is 871. The molecule has 0 bridgehead atoms. The Hall–Kier alpha value is -2.59. The monoisotopic (exact) mass is 313 g/mol. The van der Waals surface area contributed by atoms with Gasteiger partial charge in [0.2, 0.25) is 0 Å². The van der Waals surface area contributed by atoms with E-state index in [2.05, 4.69) is 75.4 Å². The topological polar surface area (TPSA) is 23.8 Å². The molecular formula is C23H23N. The van der Waals surface area contributed by atoms with Crippen molar-refractivity contribution >= 4 is 11.1 Å². The van der Waals surface area contributed by atoms with E-state index in [1.54, 1.807) is 0 Å². The fourth-order valence-electron chi connectivity index (χ4n) is 3.40. The van der Waals surface area contributed by atoms with Gasteiger partial charge in [0.1, 0.15) is 0 Å². The highest BCUT2D eigenvalue weighted by atomic mass is 14.3. The smallest absolute Gasteiger partial charge is 0.0994 e. The average molecular weight is 313 g/mol. The van der Waals surface area contributed by atoms with Gasteiger partial charge in [-0.05, 0) is 59.6 Å². The lowest BCUT2D eigenvalue weighted by atomic mass is 9.71. The number of fused-ring (bicyclic) bond motifs is 1. The fraction of sp³-hybridized carbons (Fsp3) is 0.261. The van der Waals surface area contributed by atoms with Gasteiger partial charge in [-0.3, -0.25) is 0 Å². The van der Waals surface area contributed by atoms with E-state index in [4.69, 9.17) is 0 Å². The van der Waals surface area contributed by atoms with Gasteiger partial charge in [0.05, 0.1) is 11.6 Å². The summed E-state index contributed by atoms with van der Waals surface area (Å²) in [4.78, 5) is 0. The molecular weight excluding hydrogens is 290 g/mol. The van der Waals surface area contributed by atoms with Crippen LogP contribution in [-0.4, -0.2) is 0 Å². The van der Waals surface area contributed by atoms with Crippen LogP contribution in [0.2, 0.25) is 0 Å². The van der Waals surface area contributed by atoms with Gasteiger partial charge in [-0.15, -0.1) is 0 Å². The second-order valence-corrected chi connectivity index (χ2v) is 7.15. The van der Waals surface area contributed by atoms with E-state index in [1.807, 2.05) is 13.0 Å². The summed E-state index contributed by atoms with van der Waals surface area (Å²) in [5.41, 5.74) is 8.24. The van der Waals surface area contributed by atoms with Crippen molar-refractivity contribution in [3.05, 3.63) is 82.4 Å². The molecule has 24 heavy (non-hydrogen) atoms. The lowest BCUT2D eigenvalue weighted by molar-refractivity contribution is 0.527. The zero-order chi connectivity index (χ0) is 17.3.